The van der Waals surface area contributed by atoms with E-state index < -0.39 is 28.4 Å². The van der Waals surface area contributed by atoms with Crippen molar-refractivity contribution in [1.82, 2.24) is 0 Å². The molecule has 92 valence electrons. The monoisotopic (exact) mass is 240 g/mol. The third-order valence-corrected chi connectivity index (χ3v) is 2.39. The van der Waals surface area contributed by atoms with E-state index in [-0.39, 0.29) is 5.56 Å². The Hall–Kier alpha value is -2.15. The predicted octanol–water partition coefficient (Wildman–Crippen LogP) is 0.947. The minimum absolute atomic E-state index is 0.149. The highest BCUT2D eigenvalue weighted by Crippen LogP contribution is 2.34. The van der Waals surface area contributed by atoms with Crippen LogP contribution >= 0.6 is 0 Å². The number of carboxylic acid groups (broad SMARTS) is 1. The topological polar surface area (TPSA) is 127 Å². The van der Waals surface area contributed by atoms with Crippen LogP contribution in [-0.2, 0) is 11.2 Å². The molecule has 0 radical (unpaired) electrons. The lowest BCUT2D eigenvalue weighted by Crippen LogP contribution is -2.21. The van der Waals surface area contributed by atoms with Crippen LogP contribution in [0.2, 0.25) is 0 Å². The van der Waals surface area contributed by atoms with E-state index in [1.807, 2.05) is 0 Å². The van der Waals surface area contributed by atoms with Gasteiger partial charge in [0.25, 0.3) is 0 Å². The fourth-order valence-electron chi connectivity index (χ4n) is 1.42. The van der Waals surface area contributed by atoms with Gasteiger partial charge in [-0.2, -0.15) is 0 Å². The number of rotatable bonds is 4. The van der Waals surface area contributed by atoms with Crippen LogP contribution in [-0.4, -0.2) is 21.1 Å². The number of nitrogens with two attached hydrogens (primary N) is 1. The number of nitrogens with zero attached hydrogens (tertiary/aromatic N) is 1. The van der Waals surface area contributed by atoms with Gasteiger partial charge in [0, 0.05) is 11.6 Å². The lowest BCUT2D eigenvalue weighted by Gasteiger charge is -2.11. The summed E-state index contributed by atoms with van der Waals surface area (Å²) in [6, 6.07) is 1.08. The van der Waals surface area contributed by atoms with Crippen LogP contribution in [0.1, 0.15) is 24.1 Å². The maximum absolute atomic E-state index is 10.7. The lowest BCUT2D eigenvalue weighted by atomic mass is 10.0. The van der Waals surface area contributed by atoms with E-state index in [1.54, 1.807) is 6.92 Å². The van der Waals surface area contributed by atoms with Gasteiger partial charge in [0.2, 0.25) is 0 Å². The zero-order chi connectivity index (χ0) is 13.2. The first-order chi connectivity index (χ1) is 7.88. The van der Waals surface area contributed by atoms with Crippen molar-refractivity contribution in [2.45, 2.75) is 19.4 Å². The van der Waals surface area contributed by atoms with E-state index in [1.165, 1.54) is 12.1 Å². The largest absolute Gasteiger partial charge is 0.502 e. The van der Waals surface area contributed by atoms with Crippen LogP contribution in [0, 0.1) is 10.1 Å². The number of aryl methyl sites for hydroxylation is 1. The number of nitro groups is 1. The number of hydrogen-bond donors (Lipinski definition) is 3. The molecular weight excluding hydrogens is 228 g/mol. The first-order valence-corrected chi connectivity index (χ1v) is 4.87. The molecule has 0 amide bonds. The highest BCUT2D eigenvalue weighted by atomic mass is 16.6. The van der Waals surface area contributed by atoms with Crippen LogP contribution in [0.4, 0.5) is 5.69 Å². The number of hydrogen-bond acceptors (Lipinski definition) is 5. The Kier molecular flexibility index (Phi) is 3.64. The van der Waals surface area contributed by atoms with Crippen LogP contribution in [0.5, 0.6) is 5.75 Å². The second-order valence-electron chi connectivity index (χ2n) is 3.48. The molecule has 1 atom stereocenters. The molecule has 17 heavy (non-hydrogen) atoms. The zero-order valence-electron chi connectivity index (χ0n) is 9.08. The molecule has 0 fully saturated rings. The van der Waals surface area contributed by atoms with Gasteiger partial charge in [-0.3, -0.25) is 14.9 Å². The number of aromatic hydroxyl groups is 1. The molecule has 0 heterocycles. The third kappa shape index (κ3) is 2.51. The standard InChI is InChI=1S/C10H12N2O5/c1-2-5-3-6(8(11)10(14)15)9(13)7(4-5)12(16)17/h3-4,8,13H,2,11H2,1H3,(H,14,15)/t8-/m0/s1. The summed E-state index contributed by atoms with van der Waals surface area (Å²) in [5, 5.41) is 29.1. The fraction of sp³-hybridized carbons (Fsp3) is 0.300. The Balaban J connectivity index is 3.43. The van der Waals surface area contributed by atoms with Crippen LogP contribution in [0.25, 0.3) is 0 Å². The summed E-state index contributed by atoms with van der Waals surface area (Å²) >= 11 is 0. The molecule has 1 aromatic rings. The van der Waals surface area contributed by atoms with Crippen molar-refractivity contribution in [3.05, 3.63) is 33.4 Å². The second-order valence-corrected chi connectivity index (χ2v) is 3.48. The number of phenolic OH excluding ortho intramolecular Hbond substituents is 1. The Morgan fingerprint density at radius 1 is 1.59 bits per heavy atom. The van der Waals surface area contributed by atoms with Gasteiger partial charge >= 0.3 is 11.7 Å². The molecule has 0 spiro atoms. The molecule has 0 aliphatic heterocycles. The van der Waals surface area contributed by atoms with Gasteiger partial charge in [-0.05, 0) is 18.1 Å². The van der Waals surface area contributed by atoms with Gasteiger partial charge in [0.05, 0.1) is 4.92 Å². The van der Waals surface area contributed by atoms with Crippen molar-refractivity contribution in [2.75, 3.05) is 0 Å². The Morgan fingerprint density at radius 3 is 2.59 bits per heavy atom. The van der Waals surface area contributed by atoms with Crippen molar-refractivity contribution >= 4 is 11.7 Å². The molecule has 1 rings (SSSR count). The minimum atomic E-state index is -1.49. The first kappa shape index (κ1) is 12.9. The molecular formula is C10H12N2O5. The van der Waals surface area contributed by atoms with Crippen LogP contribution in [0.3, 0.4) is 0 Å². The summed E-state index contributed by atoms with van der Waals surface area (Å²) in [6.45, 7) is 1.76. The van der Waals surface area contributed by atoms with E-state index in [4.69, 9.17) is 10.8 Å². The van der Waals surface area contributed by atoms with E-state index in [0.717, 1.165) is 0 Å². The predicted molar refractivity (Wildman–Crippen MR) is 58.7 cm³/mol. The van der Waals surface area contributed by atoms with Crippen LogP contribution in [0.15, 0.2) is 12.1 Å². The minimum Gasteiger partial charge on any atom is -0.502 e. The van der Waals surface area contributed by atoms with E-state index in [9.17, 15) is 20.0 Å². The molecule has 0 saturated heterocycles. The zero-order valence-corrected chi connectivity index (χ0v) is 9.08. The lowest BCUT2D eigenvalue weighted by molar-refractivity contribution is -0.386. The van der Waals surface area contributed by atoms with Gasteiger partial charge in [-0.1, -0.05) is 6.92 Å². The fourth-order valence-corrected chi connectivity index (χ4v) is 1.42. The Labute approximate surface area is 96.6 Å². The third-order valence-electron chi connectivity index (χ3n) is 2.39. The number of nitro benzene ring substituents is 1. The van der Waals surface area contributed by atoms with Gasteiger partial charge in [-0.25, -0.2) is 0 Å². The molecule has 4 N–H and O–H groups in total. The molecule has 0 aliphatic rings. The van der Waals surface area contributed by atoms with E-state index in [2.05, 4.69) is 0 Å². The summed E-state index contributed by atoms with van der Waals surface area (Å²) in [5.74, 6) is -2.05. The summed E-state index contributed by atoms with van der Waals surface area (Å²) in [7, 11) is 0. The average molecular weight is 240 g/mol. The molecule has 0 unspecified atom stereocenters. The summed E-state index contributed by atoms with van der Waals surface area (Å²) in [6.07, 6.45) is 0.473. The maximum atomic E-state index is 10.7. The number of carboxylic acids is 1. The van der Waals surface area contributed by atoms with Crippen molar-refractivity contribution in [3.63, 3.8) is 0 Å². The van der Waals surface area contributed by atoms with Gasteiger partial charge in [-0.15, -0.1) is 0 Å². The smallest absolute Gasteiger partial charge is 0.325 e. The maximum Gasteiger partial charge on any atom is 0.325 e. The van der Waals surface area contributed by atoms with Crippen molar-refractivity contribution in [1.29, 1.82) is 0 Å². The van der Waals surface area contributed by atoms with Gasteiger partial charge in [0.15, 0.2) is 5.75 Å². The summed E-state index contributed by atoms with van der Waals surface area (Å²) in [4.78, 5) is 20.6. The molecule has 0 saturated carbocycles. The Morgan fingerprint density at radius 2 is 2.18 bits per heavy atom. The first-order valence-electron chi connectivity index (χ1n) is 4.87. The SMILES string of the molecule is CCc1cc([C@H](N)C(=O)O)c(O)c([N+](=O)[O-])c1. The Bertz CT molecular complexity index is 472. The number of benzene rings is 1. The average Bonchev–Trinajstić information content (AvgIpc) is 2.27. The number of carbonyl (C=O) groups is 1. The normalized spacial score (nSPS) is 12.1. The van der Waals surface area contributed by atoms with Crippen molar-refractivity contribution in [3.8, 4) is 5.75 Å². The van der Waals surface area contributed by atoms with Crippen molar-refractivity contribution < 1.29 is 19.9 Å². The second kappa shape index (κ2) is 4.79. The molecule has 0 aromatic heterocycles. The summed E-state index contributed by atoms with van der Waals surface area (Å²) < 4.78 is 0. The number of phenols is 1. The molecule has 7 nitrogen and oxygen atoms in total. The van der Waals surface area contributed by atoms with Crippen molar-refractivity contribution in [2.24, 2.45) is 5.73 Å². The molecule has 0 aliphatic carbocycles. The molecule has 7 heteroatoms. The summed E-state index contributed by atoms with van der Waals surface area (Å²) in [5.41, 5.74) is 5.21. The highest BCUT2D eigenvalue weighted by molar-refractivity contribution is 5.77. The van der Waals surface area contributed by atoms with Crippen LogP contribution < -0.4 is 5.73 Å². The van der Waals surface area contributed by atoms with Gasteiger partial charge in [0.1, 0.15) is 6.04 Å². The van der Waals surface area contributed by atoms with Gasteiger partial charge < -0.3 is 15.9 Å². The van der Waals surface area contributed by atoms with E-state index >= 15 is 0 Å². The number of aliphatic carboxylic acids is 1. The quantitative estimate of drug-likeness (QED) is 0.531. The highest BCUT2D eigenvalue weighted by Gasteiger charge is 2.25. The molecule has 1 aromatic carbocycles. The molecule has 0 bridgehead atoms. The van der Waals surface area contributed by atoms with E-state index in [0.29, 0.717) is 12.0 Å².